The average Bonchev–Trinajstić information content (AvgIpc) is 2.16. The van der Waals surface area contributed by atoms with E-state index in [0.29, 0.717) is 13.0 Å². The van der Waals surface area contributed by atoms with Gasteiger partial charge in [-0.05, 0) is 12.1 Å². The third-order valence-corrected chi connectivity index (χ3v) is 1.74. The fraction of sp³-hybridized carbons (Fsp3) is 0.200. The number of hydrogen-bond donors (Lipinski definition) is 1. The van der Waals surface area contributed by atoms with Gasteiger partial charge < -0.3 is 5.32 Å². The van der Waals surface area contributed by atoms with E-state index in [1.807, 2.05) is 18.2 Å². The molecule has 0 amide bonds. The molecular formula is C10H10N2S. The Labute approximate surface area is 83.4 Å². The van der Waals surface area contributed by atoms with Crippen LogP contribution in [0.15, 0.2) is 24.4 Å². The van der Waals surface area contributed by atoms with Crippen molar-refractivity contribution in [3.05, 3.63) is 30.1 Å². The van der Waals surface area contributed by atoms with E-state index in [1.165, 1.54) is 0 Å². The predicted molar refractivity (Wildman–Crippen MR) is 57.4 cm³/mol. The molecule has 0 bridgehead atoms. The molecule has 0 radical (unpaired) electrons. The van der Waals surface area contributed by atoms with Gasteiger partial charge in [0.05, 0.1) is 11.5 Å². The molecule has 0 unspecified atom stereocenters. The number of hydrogen-bond acceptors (Lipinski definition) is 2. The van der Waals surface area contributed by atoms with E-state index in [1.54, 1.807) is 6.20 Å². The van der Waals surface area contributed by atoms with E-state index in [9.17, 15) is 0 Å². The van der Waals surface area contributed by atoms with Gasteiger partial charge in [0.15, 0.2) is 0 Å². The minimum atomic E-state index is 0.478. The molecule has 0 saturated heterocycles. The van der Waals surface area contributed by atoms with E-state index < -0.39 is 0 Å². The summed E-state index contributed by atoms with van der Waals surface area (Å²) in [5.74, 6) is 2.47. The van der Waals surface area contributed by atoms with Crippen LogP contribution in [-0.4, -0.2) is 16.5 Å². The third kappa shape index (κ3) is 3.68. The van der Waals surface area contributed by atoms with E-state index in [0.717, 1.165) is 10.7 Å². The number of thiocarbonyl (C=S) groups is 1. The van der Waals surface area contributed by atoms with Crippen LogP contribution in [0, 0.1) is 12.3 Å². The van der Waals surface area contributed by atoms with E-state index in [2.05, 4.69) is 16.2 Å². The van der Waals surface area contributed by atoms with Gasteiger partial charge >= 0.3 is 0 Å². The monoisotopic (exact) mass is 190 g/mol. The zero-order chi connectivity index (χ0) is 9.52. The van der Waals surface area contributed by atoms with Gasteiger partial charge in [-0.1, -0.05) is 24.2 Å². The van der Waals surface area contributed by atoms with E-state index in [-0.39, 0.29) is 0 Å². The second kappa shape index (κ2) is 5.28. The minimum absolute atomic E-state index is 0.478. The SMILES string of the molecule is C#CCNC(=S)Cc1ccccn1. The average molecular weight is 190 g/mol. The molecule has 13 heavy (non-hydrogen) atoms. The van der Waals surface area contributed by atoms with Crippen molar-refractivity contribution in [1.82, 2.24) is 10.3 Å². The van der Waals surface area contributed by atoms with Crippen molar-refractivity contribution in [1.29, 1.82) is 0 Å². The summed E-state index contributed by atoms with van der Waals surface area (Å²) in [7, 11) is 0. The van der Waals surface area contributed by atoms with Crippen molar-refractivity contribution < 1.29 is 0 Å². The molecule has 2 nitrogen and oxygen atoms in total. The van der Waals surface area contributed by atoms with Crippen molar-refractivity contribution in [2.24, 2.45) is 0 Å². The van der Waals surface area contributed by atoms with Crippen LogP contribution in [0.4, 0.5) is 0 Å². The first-order valence-corrected chi connectivity index (χ1v) is 4.34. The Balaban J connectivity index is 2.42. The number of aromatic nitrogens is 1. The molecular weight excluding hydrogens is 180 g/mol. The lowest BCUT2D eigenvalue weighted by atomic mass is 10.3. The molecule has 0 fully saturated rings. The molecule has 1 aromatic heterocycles. The molecule has 1 N–H and O–H groups in total. The summed E-state index contributed by atoms with van der Waals surface area (Å²) in [5.41, 5.74) is 0.956. The van der Waals surface area contributed by atoms with E-state index >= 15 is 0 Å². The lowest BCUT2D eigenvalue weighted by molar-refractivity contribution is 1.03. The molecule has 0 atom stereocenters. The van der Waals surface area contributed by atoms with Crippen molar-refractivity contribution >= 4 is 17.2 Å². The molecule has 1 rings (SSSR count). The normalized spacial score (nSPS) is 8.85. The van der Waals surface area contributed by atoms with Gasteiger partial charge in [0, 0.05) is 18.3 Å². The first-order chi connectivity index (χ1) is 6.33. The Morgan fingerprint density at radius 3 is 3.08 bits per heavy atom. The van der Waals surface area contributed by atoms with E-state index in [4.69, 9.17) is 18.6 Å². The molecule has 0 saturated carbocycles. The minimum Gasteiger partial charge on any atom is -0.368 e. The van der Waals surface area contributed by atoms with Gasteiger partial charge in [0.2, 0.25) is 0 Å². The lowest BCUT2D eigenvalue weighted by Crippen LogP contribution is -2.23. The quantitative estimate of drug-likeness (QED) is 0.572. The van der Waals surface area contributed by atoms with Crippen LogP contribution in [-0.2, 0) is 6.42 Å². The van der Waals surface area contributed by atoms with Crippen LogP contribution >= 0.6 is 12.2 Å². The summed E-state index contributed by atoms with van der Waals surface area (Å²) in [6, 6.07) is 5.75. The molecule has 1 heterocycles. The Kier molecular flexibility index (Phi) is 3.94. The molecule has 0 spiro atoms. The topological polar surface area (TPSA) is 24.9 Å². The highest BCUT2D eigenvalue weighted by Crippen LogP contribution is 1.94. The number of nitrogens with zero attached hydrogens (tertiary/aromatic N) is 1. The Morgan fingerprint density at radius 1 is 1.62 bits per heavy atom. The van der Waals surface area contributed by atoms with Crippen LogP contribution in [0.25, 0.3) is 0 Å². The van der Waals surface area contributed by atoms with Gasteiger partial charge in [0.25, 0.3) is 0 Å². The number of pyridine rings is 1. The molecule has 0 aliphatic rings. The van der Waals surface area contributed by atoms with Crippen LogP contribution in [0.3, 0.4) is 0 Å². The highest BCUT2D eigenvalue weighted by Gasteiger charge is 1.97. The summed E-state index contributed by atoms with van der Waals surface area (Å²) in [6.07, 6.45) is 7.48. The third-order valence-electron chi connectivity index (χ3n) is 1.46. The molecule has 66 valence electrons. The van der Waals surface area contributed by atoms with Crippen LogP contribution in [0.5, 0.6) is 0 Å². The predicted octanol–water partition coefficient (Wildman–Crippen LogP) is 1.17. The second-order valence-electron chi connectivity index (χ2n) is 2.48. The lowest BCUT2D eigenvalue weighted by Gasteiger charge is -2.03. The Morgan fingerprint density at radius 2 is 2.46 bits per heavy atom. The first-order valence-electron chi connectivity index (χ1n) is 3.93. The number of nitrogens with one attached hydrogen (secondary N) is 1. The molecule has 3 heteroatoms. The zero-order valence-electron chi connectivity index (χ0n) is 7.16. The maximum Gasteiger partial charge on any atom is 0.0821 e. The molecule has 0 aliphatic carbocycles. The zero-order valence-corrected chi connectivity index (χ0v) is 7.97. The van der Waals surface area contributed by atoms with Crippen LogP contribution < -0.4 is 5.32 Å². The highest BCUT2D eigenvalue weighted by atomic mass is 32.1. The van der Waals surface area contributed by atoms with Crippen molar-refractivity contribution in [2.45, 2.75) is 6.42 Å². The molecule has 0 aliphatic heterocycles. The van der Waals surface area contributed by atoms with Gasteiger partial charge in [-0.25, -0.2) is 0 Å². The fourth-order valence-electron chi connectivity index (χ4n) is 0.879. The van der Waals surface area contributed by atoms with Crippen molar-refractivity contribution in [3.8, 4) is 12.3 Å². The molecule has 0 aromatic carbocycles. The summed E-state index contributed by atoms with van der Waals surface area (Å²) in [6.45, 7) is 0.478. The summed E-state index contributed by atoms with van der Waals surface area (Å²) >= 11 is 5.05. The largest absolute Gasteiger partial charge is 0.368 e. The summed E-state index contributed by atoms with van der Waals surface area (Å²) in [5, 5.41) is 2.94. The maximum atomic E-state index is 5.08. The Hall–Kier alpha value is -1.40. The second-order valence-corrected chi connectivity index (χ2v) is 2.97. The van der Waals surface area contributed by atoms with Gasteiger partial charge in [-0.2, -0.15) is 0 Å². The fourth-order valence-corrected chi connectivity index (χ4v) is 1.10. The number of terminal acetylenes is 1. The Bertz CT molecular complexity index is 313. The van der Waals surface area contributed by atoms with Crippen LogP contribution in [0.1, 0.15) is 5.69 Å². The summed E-state index contributed by atoms with van der Waals surface area (Å²) in [4.78, 5) is 4.88. The molecule has 1 aromatic rings. The van der Waals surface area contributed by atoms with Crippen molar-refractivity contribution in [2.75, 3.05) is 6.54 Å². The van der Waals surface area contributed by atoms with Gasteiger partial charge in [0.1, 0.15) is 0 Å². The van der Waals surface area contributed by atoms with Crippen molar-refractivity contribution in [3.63, 3.8) is 0 Å². The number of rotatable bonds is 3. The first kappa shape index (κ1) is 9.69. The maximum absolute atomic E-state index is 5.08. The van der Waals surface area contributed by atoms with Crippen LogP contribution in [0.2, 0.25) is 0 Å². The van der Waals surface area contributed by atoms with Gasteiger partial charge in [-0.15, -0.1) is 6.42 Å². The van der Waals surface area contributed by atoms with Gasteiger partial charge in [-0.3, -0.25) is 4.98 Å². The summed E-state index contributed by atoms with van der Waals surface area (Å²) < 4.78 is 0. The highest BCUT2D eigenvalue weighted by molar-refractivity contribution is 7.80. The standard InChI is InChI=1S/C10H10N2S/c1-2-6-12-10(13)8-9-5-3-4-7-11-9/h1,3-5,7H,6,8H2,(H,12,13). The smallest absolute Gasteiger partial charge is 0.0821 e.